The molecule has 0 radical (unpaired) electrons. The minimum absolute atomic E-state index is 0. The van der Waals surface area contributed by atoms with Crippen molar-refractivity contribution >= 4 is 78.6 Å². The molecule has 0 amide bonds. The molecule has 0 aliphatic rings. The molecular formula is H9CaMgO6PSi. The standard InChI is InChI=1S/Ca.Mg.H3O3P.H2O3Si.4H/c;;2*1-4(2)3;;;;/h;;1-3H;1-2H;;;;/q2*+2;;;4*-1. The van der Waals surface area contributed by atoms with Crippen LogP contribution in [0.4, 0.5) is 0 Å². The monoisotopic (exact) mass is 228 g/mol. The summed E-state index contributed by atoms with van der Waals surface area (Å²) in [6.07, 6.45) is 0. The fraction of sp³-hybridized carbons (Fsp3) is 0. The van der Waals surface area contributed by atoms with E-state index in [4.69, 9.17) is 28.7 Å². The summed E-state index contributed by atoms with van der Waals surface area (Å²) < 4.78 is 8.74. The van der Waals surface area contributed by atoms with Crippen LogP contribution in [0.5, 0.6) is 0 Å². The summed E-state index contributed by atoms with van der Waals surface area (Å²) in [6, 6.07) is 0. The smallest absolute Gasteiger partial charge is 1.00 e. The van der Waals surface area contributed by atoms with Gasteiger partial charge < -0.3 is 30.0 Å². The van der Waals surface area contributed by atoms with E-state index in [9.17, 15) is 0 Å². The minimum atomic E-state index is -3.13. The molecule has 5 N–H and O–H groups in total. The van der Waals surface area contributed by atoms with Gasteiger partial charge in [-0.2, -0.15) is 0 Å². The van der Waals surface area contributed by atoms with E-state index in [0.29, 0.717) is 0 Å². The van der Waals surface area contributed by atoms with E-state index in [1.807, 2.05) is 0 Å². The predicted molar refractivity (Wildman–Crippen MR) is 40.4 cm³/mol. The first-order valence-corrected chi connectivity index (χ1v) is 3.75. The fourth-order valence-electron chi connectivity index (χ4n) is 0. The summed E-state index contributed by atoms with van der Waals surface area (Å²) in [4.78, 5) is 36.0. The van der Waals surface area contributed by atoms with Crippen LogP contribution in [-0.4, -0.2) is 94.2 Å². The van der Waals surface area contributed by atoms with Crippen LogP contribution in [0.2, 0.25) is 0 Å². The van der Waals surface area contributed by atoms with E-state index in [2.05, 4.69) is 0 Å². The Balaban J connectivity index is -0.00000000600. The SMILES string of the molecule is O=[Si](O)O.OP(O)O.[Ca+2].[H-].[H-].[H-].[H-].[Mg+2]. The molecule has 0 heterocycles. The summed E-state index contributed by atoms with van der Waals surface area (Å²) in [5.74, 6) is 0. The molecule has 10 heavy (non-hydrogen) atoms. The molecule has 0 bridgehead atoms. The van der Waals surface area contributed by atoms with Crippen molar-refractivity contribution in [2.75, 3.05) is 0 Å². The molecule has 0 spiro atoms. The second kappa shape index (κ2) is 17.2. The normalized spacial score (nSPS) is 6.00. The van der Waals surface area contributed by atoms with E-state index in [-0.39, 0.29) is 66.5 Å². The van der Waals surface area contributed by atoms with Gasteiger partial charge in [0.05, 0.1) is 0 Å². The fourth-order valence-corrected chi connectivity index (χ4v) is 0. The molecule has 0 saturated heterocycles. The van der Waals surface area contributed by atoms with Crippen molar-refractivity contribution in [2.45, 2.75) is 0 Å². The number of hydrogen-bond acceptors (Lipinski definition) is 4. The summed E-state index contributed by atoms with van der Waals surface area (Å²) in [7, 11) is -5.75. The first-order chi connectivity index (χ1) is 3.46. The molecule has 0 atom stereocenters. The van der Waals surface area contributed by atoms with E-state index >= 15 is 0 Å². The van der Waals surface area contributed by atoms with Crippen LogP contribution in [0.3, 0.4) is 0 Å². The van der Waals surface area contributed by atoms with Gasteiger partial charge >= 0.3 is 78.6 Å². The van der Waals surface area contributed by atoms with Gasteiger partial charge in [0.25, 0.3) is 0 Å². The van der Waals surface area contributed by atoms with Gasteiger partial charge in [-0.15, -0.1) is 0 Å². The van der Waals surface area contributed by atoms with Gasteiger partial charge in [-0.25, -0.2) is 0 Å². The Bertz CT molecular complexity index is 74.1. The van der Waals surface area contributed by atoms with Crippen molar-refractivity contribution < 1.29 is 34.4 Å². The topological polar surface area (TPSA) is 118 Å². The zero-order valence-electron chi connectivity index (χ0n) is 9.01. The van der Waals surface area contributed by atoms with E-state index in [1.54, 1.807) is 0 Å². The van der Waals surface area contributed by atoms with E-state index in [0.717, 1.165) is 0 Å². The van der Waals surface area contributed by atoms with Crippen molar-refractivity contribution in [3.8, 4) is 0 Å². The molecule has 0 rings (SSSR count). The molecule has 0 aliphatic carbocycles. The van der Waals surface area contributed by atoms with Crippen LogP contribution >= 0.6 is 8.60 Å². The molecule has 6 nitrogen and oxygen atoms in total. The van der Waals surface area contributed by atoms with Crippen molar-refractivity contribution in [3.05, 3.63) is 0 Å². The molecule has 58 valence electrons. The second-order valence-corrected chi connectivity index (χ2v) is 1.65. The summed E-state index contributed by atoms with van der Waals surface area (Å²) in [5.41, 5.74) is 0. The van der Waals surface area contributed by atoms with Crippen LogP contribution < -0.4 is 0 Å². The third kappa shape index (κ3) is 209. The molecule has 0 fully saturated rings. The van der Waals surface area contributed by atoms with Gasteiger partial charge in [0.15, 0.2) is 0 Å². The second-order valence-electron chi connectivity index (χ2n) is 0.551. The van der Waals surface area contributed by atoms with Crippen molar-refractivity contribution in [3.63, 3.8) is 0 Å². The molecule has 0 saturated carbocycles. The minimum Gasteiger partial charge on any atom is -1.00 e. The van der Waals surface area contributed by atoms with Crippen LogP contribution in [0.15, 0.2) is 0 Å². The Morgan fingerprint density at radius 1 is 1.20 bits per heavy atom. The van der Waals surface area contributed by atoms with Crippen LogP contribution in [-0.2, 0) is 4.46 Å². The van der Waals surface area contributed by atoms with Gasteiger partial charge in [-0.05, 0) is 0 Å². The van der Waals surface area contributed by atoms with Gasteiger partial charge in [0.2, 0.25) is 0 Å². The Labute approximate surface area is 112 Å². The number of rotatable bonds is 0. The summed E-state index contributed by atoms with van der Waals surface area (Å²) in [6.45, 7) is 0. The van der Waals surface area contributed by atoms with Crippen molar-refractivity contribution in [2.24, 2.45) is 0 Å². The zero-order valence-corrected chi connectivity index (χ0v) is 10.5. The van der Waals surface area contributed by atoms with Crippen LogP contribution in [0, 0.1) is 0 Å². The maximum Gasteiger partial charge on any atom is 2.00 e. The molecule has 0 unspecified atom stereocenters. The molecular weight excluding hydrogens is 219 g/mol. The quantitative estimate of drug-likeness (QED) is 0.227. The average molecular weight is 229 g/mol. The first-order valence-electron chi connectivity index (χ1n) is 1.25. The van der Waals surface area contributed by atoms with Gasteiger partial charge in [0.1, 0.15) is 0 Å². The first kappa shape index (κ1) is 22.7. The molecule has 0 aromatic rings. The molecule has 0 aromatic heterocycles. The Morgan fingerprint density at radius 2 is 1.20 bits per heavy atom. The van der Waals surface area contributed by atoms with E-state index in [1.165, 1.54) is 0 Å². The third-order valence-electron chi connectivity index (χ3n) is 0. The van der Waals surface area contributed by atoms with Gasteiger partial charge in [-0.3, -0.25) is 4.46 Å². The van der Waals surface area contributed by atoms with Crippen LogP contribution in [0.25, 0.3) is 0 Å². The zero-order chi connectivity index (χ0) is 7.15. The van der Waals surface area contributed by atoms with Gasteiger partial charge in [-0.1, -0.05) is 0 Å². The maximum absolute atomic E-state index is 8.74. The third-order valence-corrected chi connectivity index (χ3v) is 0. The van der Waals surface area contributed by atoms with Crippen molar-refractivity contribution in [1.29, 1.82) is 0 Å². The molecule has 0 aromatic carbocycles. The van der Waals surface area contributed by atoms with Crippen molar-refractivity contribution in [1.82, 2.24) is 0 Å². The largest absolute Gasteiger partial charge is 2.00 e. The summed E-state index contributed by atoms with van der Waals surface area (Å²) >= 11 is 0. The van der Waals surface area contributed by atoms with Gasteiger partial charge in [0, 0.05) is 0 Å². The Morgan fingerprint density at radius 3 is 1.20 bits per heavy atom. The Hall–Kier alpha value is 1.95. The Kier molecular flexibility index (Phi) is 38.9. The predicted octanol–water partition coefficient (Wildman–Crippen LogP) is -2.74. The molecule has 0 aliphatic heterocycles. The molecule has 10 heteroatoms. The summed E-state index contributed by atoms with van der Waals surface area (Å²) in [5, 5.41) is 0. The maximum atomic E-state index is 8.74. The average Bonchev–Trinajstić information content (AvgIpc) is 1.25. The number of hydrogen-bond donors (Lipinski definition) is 5. The van der Waals surface area contributed by atoms with E-state index < -0.39 is 17.8 Å². The van der Waals surface area contributed by atoms with Crippen LogP contribution in [0.1, 0.15) is 5.71 Å².